The van der Waals surface area contributed by atoms with Crippen LogP contribution in [0.15, 0.2) is 18.2 Å². The minimum atomic E-state index is -0.456. The van der Waals surface area contributed by atoms with Crippen molar-refractivity contribution in [2.45, 2.75) is 38.9 Å². The number of carbonyl (C=O) groups is 2. The van der Waals surface area contributed by atoms with E-state index in [9.17, 15) is 9.59 Å². The van der Waals surface area contributed by atoms with E-state index in [1.165, 1.54) is 6.92 Å². The zero-order chi connectivity index (χ0) is 15.4. The summed E-state index contributed by atoms with van der Waals surface area (Å²) in [5.74, 6) is -0.319. The molecule has 1 fully saturated rings. The Hall–Kier alpha value is -1.92. The summed E-state index contributed by atoms with van der Waals surface area (Å²) in [6, 6.07) is 5.38. The third-order valence-corrected chi connectivity index (χ3v) is 3.57. The zero-order valence-electron chi connectivity index (χ0n) is 12.3. The van der Waals surface area contributed by atoms with Gasteiger partial charge in [0.25, 0.3) is 5.91 Å². The Morgan fingerprint density at radius 3 is 2.52 bits per heavy atom. The van der Waals surface area contributed by atoms with Gasteiger partial charge in [-0.15, -0.1) is 0 Å². The van der Waals surface area contributed by atoms with Crippen LogP contribution >= 0.6 is 0 Å². The second kappa shape index (κ2) is 6.69. The first-order valence-electron chi connectivity index (χ1n) is 7.05. The molecule has 2 amide bonds. The first kappa shape index (κ1) is 15.5. The lowest BCUT2D eigenvalue weighted by Crippen LogP contribution is -2.30. The molecular weight excluding hydrogens is 270 g/mol. The smallest absolute Gasteiger partial charge is 0.253 e. The van der Waals surface area contributed by atoms with Crippen LogP contribution in [0.4, 0.5) is 11.4 Å². The fourth-order valence-corrected chi connectivity index (χ4v) is 2.38. The fraction of sp³-hybridized carbons (Fsp3) is 0.467. The Labute approximate surface area is 124 Å². The van der Waals surface area contributed by atoms with E-state index < -0.39 is 6.10 Å². The minimum Gasteiger partial charge on any atom is -0.364 e. The van der Waals surface area contributed by atoms with Crippen molar-refractivity contribution >= 4 is 23.2 Å². The Bertz CT molecular complexity index is 545. The lowest BCUT2D eigenvalue weighted by atomic mass is 10.1. The van der Waals surface area contributed by atoms with Gasteiger partial charge >= 0.3 is 0 Å². The van der Waals surface area contributed by atoms with Gasteiger partial charge < -0.3 is 21.1 Å². The summed E-state index contributed by atoms with van der Waals surface area (Å²) >= 11 is 0. The van der Waals surface area contributed by atoms with Gasteiger partial charge in [-0.1, -0.05) is 6.07 Å². The lowest BCUT2D eigenvalue weighted by molar-refractivity contribution is -0.126. The fourth-order valence-electron chi connectivity index (χ4n) is 2.38. The van der Waals surface area contributed by atoms with Crippen LogP contribution in [0, 0.1) is 6.92 Å². The lowest BCUT2D eigenvalue weighted by Gasteiger charge is -2.16. The largest absolute Gasteiger partial charge is 0.364 e. The molecule has 0 saturated carbocycles. The molecule has 21 heavy (non-hydrogen) atoms. The van der Waals surface area contributed by atoms with E-state index in [4.69, 9.17) is 10.5 Å². The number of ether oxygens (including phenoxy) is 1. The Morgan fingerprint density at radius 1 is 1.29 bits per heavy atom. The number of nitrogens with one attached hydrogen (secondary N) is 2. The number of anilines is 2. The maximum absolute atomic E-state index is 12.2. The summed E-state index contributed by atoms with van der Waals surface area (Å²) in [6.45, 7) is 3.73. The van der Waals surface area contributed by atoms with Gasteiger partial charge in [0.05, 0.1) is 6.10 Å². The summed E-state index contributed by atoms with van der Waals surface area (Å²) in [6.07, 6.45) is 0.993. The molecule has 1 heterocycles. The molecule has 2 rings (SSSR count). The predicted molar refractivity (Wildman–Crippen MR) is 81.1 cm³/mol. The molecule has 1 aliphatic rings. The minimum absolute atomic E-state index is 0.0347. The van der Waals surface area contributed by atoms with Crippen molar-refractivity contribution in [2.75, 3.05) is 17.2 Å². The van der Waals surface area contributed by atoms with E-state index in [1.807, 2.05) is 6.92 Å². The number of amides is 2. The quantitative estimate of drug-likeness (QED) is 0.781. The average molecular weight is 291 g/mol. The molecule has 6 heteroatoms. The van der Waals surface area contributed by atoms with Crippen molar-refractivity contribution in [1.82, 2.24) is 0 Å². The van der Waals surface area contributed by atoms with E-state index in [1.54, 1.807) is 18.2 Å². The van der Waals surface area contributed by atoms with Gasteiger partial charge in [0.2, 0.25) is 5.91 Å². The predicted octanol–water partition coefficient (Wildman–Crippen LogP) is 1.40. The van der Waals surface area contributed by atoms with Crippen LogP contribution in [-0.4, -0.2) is 30.6 Å². The van der Waals surface area contributed by atoms with E-state index >= 15 is 0 Å². The molecule has 1 saturated heterocycles. The monoisotopic (exact) mass is 291 g/mol. The van der Waals surface area contributed by atoms with Gasteiger partial charge in [0.15, 0.2) is 0 Å². The first-order chi connectivity index (χ1) is 10.0. The molecule has 0 bridgehead atoms. The zero-order valence-corrected chi connectivity index (χ0v) is 12.3. The van der Waals surface area contributed by atoms with Gasteiger partial charge in [-0.25, -0.2) is 0 Å². The maximum atomic E-state index is 12.2. The normalized spacial score (nSPS) is 21.1. The molecule has 0 aromatic heterocycles. The highest BCUT2D eigenvalue weighted by Crippen LogP contribution is 2.25. The van der Waals surface area contributed by atoms with Crippen LogP contribution in [0.2, 0.25) is 0 Å². The van der Waals surface area contributed by atoms with E-state index in [0.717, 1.165) is 12.0 Å². The summed E-state index contributed by atoms with van der Waals surface area (Å²) < 4.78 is 5.57. The van der Waals surface area contributed by atoms with Gasteiger partial charge in [0.1, 0.15) is 6.10 Å². The molecule has 1 aromatic carbocycles. The number of hydrogen-bond acceptors (Lipinski definition) is 4. The highest BCUT2D eigenvalue weighted by molar-refractivity contribution is 5.97. The van der Waals surface area contributed by atoms with Crippen molar-refractivity contribution < 1.29 is 14.3 Å². The molecule has 114 valence electrons. The van der Waals surface area contributed by atoms with Crippen LogP contribution in [-0.2, 0) is 14.3 Å². The van der Waals surface area contributed by atoms with Crippen LogP contribution in [0.25, 0.3) is 0 Å². The summed E-state index contributed by atoms with van der Waals surface area (Å²) in [5, 5.41) is 5.59. The van der Waals surface area contributed by atoms with Gasteiger partial charge in [-0.2, -0.15) is 0 Å². The Kier molecular flexibility index (Phi) is 4.93. The second-order valence-electron chi connectivity index (χ2n) is 5.21. The number of benzene rings is 1. The van der Waals surface area contributed by atoms with Crippen molar-refractivity contribution in [3.05, 3.63) is 23.8 Å². The Balaban J connectivity index is 2.06. The summed E-state index contributed by atoms with van der Waals surface area (Å²) in [4.78, 5) is 23.3. The van der Waals surface area contributed by atoms with Crippen molar-refractivity contribution in [3.8, 4) is 0 Å². The van der Waals surface area contributed by atoms with E-state index in [0.29, 0.717) is 24.3 Å². The van der Waals surface area contributed by atoms with Crippen LogP contribution in [0.5, 0.6) is 0 Å². The average Bonchev–Trinajstić information content (AvgIpc) is 2.91. The van der Waals surface area contributed by atoms with Crippen molar-refractivity contribution in [1.29, 1.82) is 0 Å². The second-order valence-corrected chi connectivity index (χ2v) is 5.21. The third kappa shape index (κ3) is 3.80. The van der Waals surface area contributed by atoms with Gasteiger partial charge in [0, 0.05) is 24.8 Å². The standard InChI is InChI=1S/C15H21N3O3/c1-9-12(17-10(2)19)4-3-5-13(9)18-15(20)14-7-6-11(8-16)21-14/h3-5,11,14H,6-8,16H2,1-2H3,(H,17,19)(H,18,20)/t11-,14+/m1/s1. The van der Waals surface area contributed by atoms with Crippen LogP contribution in [0.3, 0.4) is 0 Å². The third-order valence-electron chi connectivity index (χ3n) is 3.57. The molecule has 0 aliphatic carbocycles. The van der Waals surface area contributed by atoms with Crippen molar-refractivity contribution in [2.24, 2.45) is 5.73 Å². The number of rotatable bonds is 4. The maximum Gasteiger partial charge on any atom is 0.253 e. The number of hydrogen-bond donors (Lipinski definition) is 3. The highest BCUT2D eigenvalue weighted by Gasteiger charge is 2.30. The highest BCUT2D eigenvalue weighted by atomic mass is 16.5. The van der Waals surface area contributed by atoms with Gasteiger partial charge in [-0.3, -0.25) is 9.59 Å². The number of nitrogens with two attached hydrogens (primary N) is 1. The van der Waals surface area contributed by atoms with Gasteiger partial charge in [-0.05, 0) is 37.5 Å². The molecule has 2 atom stereocenters. The Morgan fingerprint density at radius 2 is 1.95 bits per heavy atom. The molecule has 1 aromatic rings. The molecule has 4 N–H and O–H groups in total. The van der Waals surface area contributed by atoms with Crippen LogP contribution < -0.4 is 16.4 Å². The van der Waals surface area contributed by atoms with E-state index in [2.05, 4.69) is 10.6 Å². The molecule has 0 unspecified atom stereocenters. The molecule has 0 radical (unpaired) electrons. The molecule has 6 nitrogen and oxygen atoms in total. The molecule has 1 aliphatic heterocycles. The SMILES string of the molecule is CC(=O)Nc1cccc(NC(=O)[C@@H]2CC[C@H](CN)O2)c1C. The molecular formula is C15H21N3O3. The summed E-state index contributed by atoms with van der Waals surface area (Å²) in [7, 11) is 0. The summed E-state index contributed by atoms with van der Waals surface area (Å²) in [5.41, 5.74) is 7.72. The van der Waals surface area contributed by atoms with E-state index in [-0.39, 0.29) is 17.9 Å². The van der Waals surface area contributed by atoms with Crippen LogP contribution in [0.1, 0.15) is 25.3 Å². The number of carbonyl (C=O) groups excluding carboxylic acids is 2. The first-order valence-corrected chi connectivity index (χ1v) is 7.05. The van der Waals surface area contributed by atoms with Crippen molar-refractivity contribution in [3.63, 3.8) is 0 Å². The topological polar surface area (TPSA) is 93.5 Å². The molecule has 0 spiro atoms.